The number of amides is 2. The first kappa shape index (κ1) is 24.0. The Balaban J connectivity index is 1.52. The quantitative estimate of drug-likeness (QED) is 0.701. The van der Waals surface area contributed by atoms with Crippen LogP contribution in [0.4, 0.5) is 0 Å². The molecule has 0 aromatic carbocycles. The van der Waals surface area contributed by atoms with Crippen LogP contribution in [0.3, 0.4) is 0 Å². The van der Waals surface area contributed by atoms with Crippen molar-refractivity contribution in [2.24, 2.45) is 17.8 Å². The number of nitrogens with one attached hydrogen (secondary N) is 1. The van der Waals surface area contributed by atoms with Crippen molar-refractivity contribution >= 4 is 11.8 Å². The Morgan fingerprint density at radius 3 is 2.41 bits per heavy atom. The molecular weight excluding hydrogens is 404 g/mol. The molecule has 0 bridgehead atoms. The summed E-state index contributed by atoms with van der Waals surface area (Å²) in [6.45, 7) is 7.67. The molecule has 2 saturated heterocycles. The summed E-state index contributed by atoms with van der Waals surface area (Å²) in [7, 11) is 3.81. The molecule has 0 aromatic rings. The summed E-state index contributed by atoms with van der Waals surface area (Å²) < 4.78 is 5.61. The number of piperazine rings is 1. The van der Waals surface area contributed by atoms with Gasteiger partial charge in [0.05, 0.1) is 12.1 Å². The van der Waals surface area contributed by atoms with Gasteiger partial charge in [-0.05, 0) is 69.6 Å². The van der Waals surface area contributed by atoms with Crippen molar-refractivity contribution in [1.82, 2.24) is 20.2 Å². The fourth-order valence-electron chi connectivity index (χ4n) is 7.43. The first-order valence-corrected chi connectivity index (χ1v) is 12.9. The second kappa shape index (κ2) is 9.98. The molecule has 0 spiro atoms. The zero-order chi connectivity index (χ0) is 23.0. The van der Waals surface area contributed by atoms with Gasteiger partial charge in [-0.2, -0.15) is 0 Å². The number of hydrogen-bond acceptors (Lipinski definition) is 5. The summed E-state index contributed by atoms with van der Waals surface area (Å²) in [5, 5.41) is 2.26. The van der Waals surface area contributed by atoms with Gasteiger partial charge in [0, 0.05) is 46.3 Å². The van der Waals surface area contributed by atoms with E-state index in [1.807, 2.05) is 0 Å². The second-order valence-electron chi connectivity index (χ2n) is 10.9. The molecule has 8 atom stereocenters. The largest absolute Gasteiger partial charge is 0.372 e. The van der Waals surface area contributed by atoms with Gasteiger partial charge >= 0.3 is 0 Å². The Morgan fingerprint density at radius 1 is 1.03 bits per heavy atom. The van der Waals surface area contributed by atoms with Crippen molar-refractivity contribution < 1.29 is 14.3 Å². The van der Waals surface area contributed by atoms with Crippen molar-refractivity contribution in [2.45, 2.75) is 102 Å². The molecule has 7 heteroatoms. The van der Waals surface area contributed by atoms with Gasteiger partial charge in [0.25, 0.3) is 5.91 Å². The van der Waals surface area contributed by atoms with Gasteiger partial charge in [-0.1, -0.05) is 13.3 Å². The second-order valence-corrected chi connectivity index (χ2v) is 10.9. The highest BCUT2D eigenvalue weighted by atomic mass is 16.5. The summed E-state index contributed by atoms with van der Waals surface area (Å²) in [6, 6.07) is 0.925. The average molecular weight is 449 g/mol. The summed E-state index contributed by atoms with van der Waals surface area (Å²) in [6.07, 6.45) is 8.35. The molecular formula is C25H44N4O3. The van der Waals surface area contributed by atoms with E-state index in [-0.39, 0.29) is 36.0 Å². The first-order valence-electron chi connectivity index (χ1n) is 12.9. The highest BCUT2D eigenvalue weighted by molar-refractivity contribution is 5.82. The van der Waals surface area contributed by atoms with Crippen LogP contribution in [-0.2, 0) is 14.3 Å². The summed E-state index contributed by atoms with van der Waals surface area (Å²) >= 11 is 0. The van der Waals surface area contributed by atoms with Gasteiger partial charge in [-0.3, -0.25) is 15.0 Å². The smallest absolute Gasteiger partial charge is 0.252 e. The van der Waals surface area contributed by atoms with Crippen LogP contribution in [0.25, 0.3) is 0 Å². The lowest BCUT2D eigenvalue weighted by Crippen LogP contribution is -2.68. The van der Waals surface area contributed by atoms with Crippen molar-refractivity contribution in [3.8, 4) is 0 Å². The number of fused-ring (bicyclic) bond motifs is 2. The third kappa shape index (κ3) is 4.58. The number of nitrogens with zero attached hydrogens (tertiary/aromatic N) is 3. The monoisotopic (exact) mass is 448 g/mol. The molecule has 2 amide bonds. The molecule has 4 fully saturated rings. The summed E-state index contributed by atoms with van der Waals surface area (Å²) in [5.41, 5.74) is 3.67. The van der Waals surface area contributed by atoms with Gasteiger partial charge in [0.15, 0.2) is 0 Å². The molecule has 4 rings (SSSR count). The number of methoxy groups -OCH3 is 1. The lowest BCUT2D eigenvalue weighted by Gasteiger charge is -2.55. The zero-order valence-corrected chi connectivity index (χ0v) is 20.8. The minimum atomic E-state index is -0.370. The van der Waals surface area contributed by atoms with Crippen LogP contribution in [0.1, 0.15) is 72.1 Å². The van der Waals surface area contributed by atoms with E-state index < -0.39 is 0 Å². The predicted octanol–water partition coefficient (Wildman–Crippen LogP) is 2.65. The Hall–Kier alpha value is -1.18. The van der Waals surface area contributed by atoms with Crippen LogP contribution in [0.5, 0.6) is 0 Å². The van der Waals surface area contributed by atoms with Crippen molar-refractivity contribution in [3.05, 3.63) is 0 Å². The van der Waals surface area contributed by atoms with Crippen molar-refractivity contribution in [2.75, 3.05) is 27.2 Å². The Morgan fingerprint density at radius 2 is 1.72 bits per heavy atom. The van der Waals surface area contributed by atoms with E-state index >= 15 is 0 Å². The lowest BCUT2D eigenvalue weighted by atomic mass is 9.67. The van der Waals surface area contributed by atoms with Gasteiger partial charge in [-0.25, -0.2) is 5.01 Å². The molecule has 0 aromatic heterocycles. The lowest BCUT2D eigenvalue weighted by molar-refractivity contribution is -0.161. The van der Waals surface area contributed by atoms with Crippen LogP contribution in [0, 0.1) is 17.8 Å². The molecule has 2 aliphatic carbocycles. The van der Waals surface area contributed by atoms with Gasteiger partial charge in [0.1, 0.15) is 6.10 Å². The normalized spacial score (nSPS) is 38.8. The highest BCUT2D eigenvalue weighted by Gasteiger charge is 2.49. The zero-order valence-electron chi connectivity index (χ0n) is 20.8. The third-order valence-corrected chi connectivity index (χ3v) is 8.87. The number of carbonyl (C=O) groups excluding carboxylic acids is 2. The summed E-state index contributed by atoms with van der Waals surface area (Å²) in [5.74, 6) is 2.41. The predicted molar refractivity (Wildman–Crippen MR) is 125 cm³/mol. The molecule has 7 nitrogen and oxygen atoms in total. The molecule has 182 valence electrons. The van der Waals surface area contributed by atoms with Crippen LogP contribution < -0.4 is 5.43 Å². The number of hydrogen-bond donors (Lipinski definition) is 1. The molecule has 2 saturated carbocycles. The minimum Gasteiger partial charge on any atom is -0.372 e. The molecule has 8 unspecified atom stereocenters. The number of rotatable bonds is 5. The molecule has 1 N–H and O–H groups in total. The molecule has 2 heterocycles. The Bertz CT molecular complexity index is 688. The maximum atomic E-state index is 13.5. The maximum absolute atomic E-state index is 13.5. The van der Waals surface area contributed by atoms with Crippen LogP contribution in [-0.4, -0.2) is 84.1 Å². The van der Waals surface area contributed by atoms with E-state index in [0.29, 0.717) is 24.4 Å². The van der Waals surface area contributed by atoms with Crippen molar-refractivity contribution in [3.63, 3.8) is 0 Å². The van der Waals surface area contributed by atoms with E-state index in [2.05, 4.69) is 41.1 Å². The van der Waals surface area contributed by atoms with Gasteiger partial charge in [-0.15, -0.1) is 0 Å². The molecule has 2 aliphatic heterocycles. The number of ether oxygens (including phenoxy) is 1. The van der Waals surface area contributed by atoms with Crippen LogP contribution in [0.2, 0.25) is 0 Å². The topological polar surface area (TPSA) is 65.1 Å². The number of hydrazine groups is 1. The Kier molecular flexibility index (Phi) is 7.47. The van der Waals surface area contributed by atoms with E-state index in [0.717, 1.165) is 38.1 Å². The first-order chi connectivity index (χ1) is 15.3. The molecule has 0 radical (unpaired) electrons. The summed E-state index contributed by atoms with van der Waals surface area (Å²) in [4.78, 5) is 30.3. The fraction of sp³-hybridized carbons (Fsp3) is 0.920. The van der Waals surface area contributed by atoms with Crippen LogP contribution in [0.15, 0.2) is 0 Å². The minimum absolute atomic E-state index is 0.0575. The SMILES string of the molecule is CCCC(OC)C(=O)N1CC(C)N(C(C)=O)C2CCC(C3CCC4CN(C)NC4C3)CC21. The Labute approximate surface area is 194 Å². The van der Waals surface area contributed by atoms with Gasteiger partial charge < -0.3 is 14.5 Å². The van der Waals surface area contributed by atoms with Crippen LogP contribution >= 0.6 is 0 Å². The van der Waals surface area contributed by atoms with Gasteiger partial charge in [0.2, 0.25) is 5.91 Å². The molecule has 4 aliphatic rings. The maximum Gasteiger partial charge on any atom is 0.252 e. The highest BCUT2D eigenvalue weighted by Crippen LogP contribution is 2.44. The number of carbonyl (C=O) groups is 2. The van der Waals surface area contributed by atoms with E-state index in [9.17, 15) is 9.59 Å². The fourth-order valence-corrected chi connectivity index (χ4v) is 7.43. The third-order valence-electron chi connectivity index (χ3n) is 8.87. The van der Waals surface area contributed by atoms with E-state index in [1.165, 1.54) is 25.7 Å². The van der Waals surface area contributed by atoms with E-state index in [4.69, 9.17) is 4.74 Å². The average Bonchev–Trinajstić information content (AvgIpc) is 3.15. The van der Waals surface area contributed by atoms with E-state index in [1.54, 1.807) is 14.0 Å². The standard InChI is InChI=1S/C25H44N4O3/c1-6-7-24(32-5)25(31)28-14-16(2)29(17(3)30)22-11-10-19(13-23(22)28)18-8-9-20-15-27(4)26-21(20)12-18/h16,18-24,26H,6-15H2,1-5H3. The van der Waals surface area contributed by atoms with Crippen molar-refractivity contribution in [1.29, 1.82) is 0 Å². The molecule has 32 heavy (non-hydrogen) atoms.